The van der Waals surface area contributed by atoms with E-state index >= 15 is 0 Å². The fraction of sp³-hybridized carbons (Fsp3) is 0.562. The third kappa shape index (κ3) is 3.73. The molecule has 1 aliphatic rings. The summed E-state index contributed by atoms with van der Waals surface area (Å²) in [5.74, 6) is -0.992. The molecule has 0 amide bonds. The number of esters is 1. The van der Waals surface area contributed by atoms with E-state index in [2.05, 4.69) is 19.2 Å². The van der Waals surface area contributed by atoms with Crippen LogP contribution in [0.1, 0.15) is 43.5 Å². The minimum Gasteiger partial charge on any atom is -0.465 e. The first-order valence-electron chi connectivity index (χ1n) is 7.26. The van der Waals surface area contributed by atoms with Gasteiger partial charge in [-0.15, -0.1) is 0 Å². The van der Waals surface area contributed by atoms with Crippen molar-refractivity contribution in [2.45, 2.75) is 44.8 Å². The summed E-state index contributed by atoms with van der Waals surface area (Å²) in [6.45, 7) is 4.86. The summed E-state index contributed by atoms with van der Waals surface area (Å²) in [7, 11) is 1.29. The molecule has 1 aromatic rings. The number of methoxy groups -OCH3 is 1. The van der Waals surface area contributed by atoms with E-state index in [0.717, 1.165) is 19.3 Å². The van der Waals surface area contributed by atoms with Crippen LogP contribution in [0.3, 0.4) is 0 Å². The SMILES string of the molecule is CCC1(C)CC(Nc2ccc(F)cc2C(=O)OC)CCO1. The number of ether oxygens (including phenoxy) is 2. The van der Waals surface area contributed by atoms with Crippen molar-refractivity contribution in [2.75, 3.05) is 19.0 Å². The van der Waals surface area contributed by atoms with Gasteiger partial charge in [0.15, 0.2) is 0 Å². The topological polar surface area (TPSA) is 47.6 Å². The minimum absolute atomic E-state index is 0.151. The summed E-state index contributed by atoms with van der Waals surface area (Å²) in [4.78, 5) is 11.8. The number of anilines is 1. The van der Waals surface area contributed by atoms with Crippen LogP contribution in [0.15, 0.2) is 18.2 Å². The highest BCUT2D eigenvalue weighted by Crippen LogP contribution is 2.30. The maximum absolute atomic E-state index is 13.3. The monoisotopic (exact) mass is 295 g/mol. The van der Waals surface area contributed by atoms with Crippen molar-refractivity contribution in [1.82, 2.24) is 0 Å². The molecule has 0 saturated carbocycles. The van der Waals surface area contributed by atoms with Crippen molar-refractivity contribution in [2.24, 2.45) is 0 Å². The molecule has 1 N–H and O–H groups in total. The molecule has 0 bridgehead atoms. The van der Waals surface area contributed by atoms with Gasteiger partial charge in [-0.3, -0.25) is 0 Å². The average molecular weight is 295 g/mol. The van der Waals surface area contributed by atoms with Crippen LogP contribution in [0.5, 0.6) is 0 Å². The van der Waals surface area contributed by atoms with E-state index in [1.807, 2.05) is 0 Å². The first kappa shape index (κ1) is 15.8. The number of halogens is 1. The van der Waals surface area contributed by atoms with E-state index in [1.54, 1.807) is 6.07 Å². The zero-order valence-corrected chi connectivity index (χ0v) is 12.7. The molecular weight excluding hydrogens is 273 g/mol. The second-order valence-corrected chi connectivity index (χ2v) is 5.67. The van der Waals surface area contributed by atoms with Crippen LogP contribution in [0.25, 0.3) is 0 Å². The first-order valence-corrected chi connectivity index (χ1v) is 7.26. The molecule has 4 nitrogen and oxygen atoms in total. The predicted molar refractivity (Wildman–Crippen MR) is 79.0 cm³/mol. The van der Waals surface area contributed by atoms with Gasteiger partial charge in [0, 0.05) is 18.3 Å². The normalized spacial score (nSPS) is 25.4. The van der Waals surface area contributed by atoms with Gasteiger partial charge in [-0.25, -0.2) is 9.18 Å². The zero-order valence-electron chi connectivity index (χ0n) is 12.7. The van der Waals surface area contributed by atoms with E-state index in [0.29, 0.717) is 12.3 Å². The van der Waals surface area contributed by atoms with Crippen LogP contribution in [-0.2, 0) is 9.47 Å². The molecule has 0 aliphatic carbocycles. The largest absolute Gasteiger partial charge is 0.465 e. The Morgan fingerprint density at radius 3 is 3.00 bits per heavy atom. The summed E-state index contributed by atoms with van der Waals surface area (Å²) in [5, 5.41) is 3.33. The molecular formula is C16H22FNO3. The quantitative estimate of drug-likeness (QED) is 0.865. The van der Waals surface area contributed by atoms with Gasteiger partial charge in [-0.2, -0.15) is 0 Å². The number of benzene rings is 1. The van der Waals surface area contributed by atoms with E-state index < -0.39 is 11.8 Å². The van der Waals surface area contributed by atoms with Gasteiger partial charge >= 0.3 is 5.97 Å². The molecule has 1 aliphatic heterocycles. The maximum Gasteiger partial charge on any atom is 0.340 e. The van der Waals surface area contributed by atoms with Crippen molar-refractivity contribution in [3.63, 3.8) is 0 Å². The number of carbonyl (C=O) groups excluding carboxylic acids is 1. The van der Waals surface area contributed by atoms with Crippen LogP contribution < -0.4 is 5.32 Å². The fourth-order valence-corrected chi connectivity index (χ4v) is 2.64. The third-order valence-corrected chi connectivity index (χ3v) is 4.09. The van der Waals surface area contributed by atoms with Crippen LogP contribution in [0.2, 0.25) is 0 Å². The highest BCUT2D eigenvalue weighted by atomic mass is 19.1. The van der Waals surface area contributed by atoms with Gasteiger partial charge in [0.05, 0.1) is 18.3 Å². The molecule has 0 radical (unpaired) electrons. The lowest BCUT2D eigenvalue weighted by Gasteiger charge is -2.38. The minimum atomic E-state index is -0.540. The number of hydrogen-bond acceptors (Lipinski definition) is 4. The number of hydrogen-bond donors (Lipinski definition) is 1. The Kier molecular flexibility index (Phi) is 4.83. The van der Waals surface area contributed by atoms with E-state index in [-0.39, 0.29) is 17.2 Å². The summed E-state index contributed by atoms with van der Waals surface area (Å²) in [6.07, 6.45) is 2.63. The Morgan fingerprint density at radius 2 is 2.33 bits per heavy atom. The van der Waals surface area contributed by atoms with Gasteiger partial charge in [0.25, 0.3) is 0 Å². The van der Waals surface area contributed by atoms with Crippen molar-refractivity contribution >= 4 is 11.7 Å². The Labute approximate surface area is 124 Å². The molecule has 2 rings (SSSR count). The van der Waals surface area contributed by atoms with Crippen LogP contribution in [0, 0.1) is 5.82 Å². The van der Waals surface area contributed by atoms with Crippen molar-refractivity contribution < 1.29 is 18.7 Å². The van der Waals surface area contributed by atoms with Crippen molar-refractivity contribution in [3.8, 4) is 0 Å². The van der Waals surface area contributed by atoms with Gasteiger partial charge in [0.2, 0.25) is 0 Å². The maximum atomic E-state index is 13.3. The van der Waals surface area contributed by atoms with Crippen LogP contribution in [0.4, 0.5) is 10.1 Å². The van der Waals surface area contributed by atoms with Crippen molar-refractivity contribution in [1.29, 1.82) is 0 Å². The molecule has 1 heterocycles. The second kappa shape index (κ2) is 6.43. The zero-order chi connectivity index (χ0) is 15.5. The van der Waals surface area contributed by atoms with Gasteiger partial charge in [-0.1, -0.05) is 6.92 Å². The molecule has 1 aromatic carbocycles. The van der Waals surface area contributed by atoms with Gasteiger partial charge in [-0.05, 0) is 44.4 Å². The Hall–Kier alpha value is -1.62. The second-order valence-electron chi connectivity index (χ2n) is 5.67. The highest BCUT2D eigenvalue weighted by molar-refractivity contribution is 5.95. The number of rotatable bonds is 4. The molecule has 116 valence electrons. The van der Waals surface area contributed by atoms with Crippen molar-refractivity contribution in [3.05, 3.63) is 29.6 Å². The summed E-state index contributed by atoms with van der Waals surface area (Å²) < 4.78 is 23.9. The van der Waals surface area contributed by atoms with Crippen LogP contribution in [-0.4, -0.2) is 31.3 Å². The van der Waals surface area contributed by atoms with Gasteiger partial charge in [0.1, 0.15) is 5.82 Å². The van der Waals surface area contributed by atoms with E-state index in [4.69, 9.17) is 9.47 Å². The standard InChI is InChI=1S/C16H22FNO3/c1-4-16(2)10-12(7-8-21-16)18-14-6-5-11(17)9-13(14)15(19)20-3/h5-6,9,12,18H,4,7-8,10H2,1-3H3. The number of carbonyl (C=O) groups is 1. The lowest BCUT2D eigenvalue weighted by molar-refractivity contribution is -0.0708. The molecule has 5 heteroatoms. The first-order chi connectivity index (χ1) is 9.97. The molecule has 1 fully saturated rings. The lowest BCUT2D eigenvalue weighted by Crippen LogP contribution is -2.42. The third-order valence-electron chi connectivity index (χ3n) is 4.09. The molecule has 2 atom stereocenters. The average Bonchev–Trinajstić information content (AvgIpc) is 2.48. The van der Waals surface area contributed by atoms with E-state index in [9.17, 15) is 9.18 Å². The smallest absolute Gasteiger partial charge is 0.340 e. The van der Waals surface area contributed by atoms with Gasteiger partial charge < -0.3 is 14.8 Å². The molecule has 0 aromatic heterocycles. The van der Waals surface area contributed by atoms with Crippen LogP contribution >= 0.6 is 0 Å². The Morgan fingerprint density at radius 1 is 1.57 bits per heavy atom. The summed E-state index contributed by atoms with van der Waals surface area (Å²) in [6, 6.07) is 4.32. The summed E-state index contributed by atoms with van der Waals surface area (Å²) in [5.41, 5.74) is 0.678. The fourth-order valence-electron chi connectivity index (χ4n) is 2.64. The summed E-state index contributed by atoms with van der Waals surface area (Å²) >= 11 is 0. The predicted octanol–water partition coefficient (Wildman–Crippen LogP) is 3.37. The molecule has 1 saturated heterocycles. The Bertz CT molecular complexity index is 520. The Balaban J connectivity index is 2.17. The van der Waals surface area contributed by atoms with E-state index in [1.165, 1.54) is 19.2 Å². The molecule has 2 unspecified atom stereocenters. The molecule has 21 heavy (non-hydrogen) atoms. The molecule has 0 spiro atoms. The number of nitrogens with one attached hydrogen (secondary N) is 1. The highest BCUT2D eigenvalue weighted by Gasteiger charge is 2.32. The lowest BCUT2D eigenvalue weighted by atomic mass is 9.89.